The minimum atomic E-state index is -1.20. The molecular weight excluding hydrogens is 511 g/mol. The maximum absolute atomic E-state index is 11.6. The van der Waals surface area contributed by atoms with Crippen molar-refractivity contribution >= 4 is 20.5 Å². The highest BCUT2D eigenvalue weighted by atomic mass is 31.2. The first-order valence-electron chi connectivity index (χ1n) is 13.8. The van der Waals surface area contributed by atoms with Gasteiger partial charge in [0.25, 0.3) is 8.53 Å². The van der Waals surface area contributed by atoms with Gasteiger partial charge in [-0.05, 0) is 40.5 Å². The molecule has 0 aromatic rings. The van der Waals surface area contributed by atoms with E-state index in [-0.39, 0.29) is 30.5 Å². The Labute approximate surface area is 230 Å². The largest absolute Gasteiger partial charge is 0.463 e. The maximum Gasteiger partial charge on any atom is 0.303 e. The molecule has 0 N–H and O–H groups in total. The third-order valence-corrected chi connectivity index (χ3v) is 8.50. The summed E-state index contributed by atoms with van der Waals surface area (Å²) in [5, 5.41) is 8.83. The van der Waals surface area contributed by atoms with Gasteiger partial charge in [-0.15, -0.1) is 0 Å². The normalized spacial score (nSPS) is 24.4. The third-order valence-electron chi connectivity index (χ3n) is 6.39. The Hall–Kier alpha value is -1.34. The molecule has 1 aliphatic heterocycles. The van der Waals surface area contributed by atoms with Crippen LogP contribution >= 0.6 is 8.53 Å². The predicted octanol–water partition coefficient (Wildman–Crippen LogP) is 5.35. The van der Waals surface area contributed by atoms with Gasteiger partial charge >= 0.3 is 11.9 Å². The zero-order valence-electron chi connectivity index (χ0n) is 24.5. The minimum absolute atomic E-state index is 0.00599. The first kappa shape index (κ1) is 34.7. The van der Waals surface area contributed by atoms with Crippen LogP contribution in [0.2, 0.25) is 0 Å². The molecule has 10 nitrogen and oxygen atoms in total. The van der Waals surface area contributed by atoms with Gasteiger partial charge in [0.1, 0.15) is 18.8 Å². The number of ether oxygens (including phenoxy) is 4. The summed E-state index contributed by atoms with van der Waals surface area (Å²) in [6.07, 6.45) is 2.58. The van der Waals surface area contributed by atoms with Crippen molar-refractivity contribution < 1.29 is 37.6 Å². The van der Waals surface area contributed by atoms with Crippen LogP contribution in [-0.4, -0.2) is 73.6 Å². The lowest BCUT2D eigenvalue weighted by Crippen LogP contribution is -2.53. The van der Waals surface area contributed by atoms with Gasteiger partial charge in [0.05, 0.1) is 25.7 Å². The Bertz CT molecular complexity index is 724. The minimum Gasteiger partial charge on any atom is -0.463 e. The zero-order chi connectivity index (χ0) is 28.7. The summed E-state index contributed by atoms with van der Waals surface area (Å²) in [7, 11) is -1.20. The second kappa shape index (κ2) is 18.9. The number of carbonyl (C=O) groups excluding carboxylic acids is 2. The van der Waals surface area contributed by atoms with Gasteiger partial charge < -0.3 is 28.0 Å². The molecular formula is C27H49N2O8P. The lowest BCUT2D eigenvalue weighted by atomic mass is 9.84. The Morgan fingerprint density at radius 3 is 2.08 bits per heavy atom. The fourth-order valence-electron chi connectivity index (χ4n) is 4.37. The molecule has 6 unspecified atom stereocenters. The summed E-state index contributed by atoms with van der Waals surface area (Å²) in [5.41, 5.74) is 0. The van der Waals surface area contributed by atoms with Crippen LogP contribution in [0.25, 0.3) is 0 Å². The maximum atomic E-state index is 11.6. The number of nitrogens with zero attached hydrogens (tertiary/aromatic N) is 2. The van der Waals surface area contributed by atoms with Crippen LogP contribution in [-0.2, 0) is 37.6 Å². The van der Waals surface area contributed by atoms with Crippen LogP contribution < -0.4 is 0 Å². The SMILES string of the molecule is CC(=O)OCC1OC(OCCCCCCOP(OCCC#N)N(C(C)C)C(C)C)C(C)C(C)C1OC(C)=O. The second-order valence-corrected chi connectivity index (χ2v) is 11.8. The van der Waals surface area contributed by atoms with E-state index in [2.05, 4.69) is 38.4 Å². The van der Waals surface area contributed by atoms with Crippen LogP contribution in [0.3, 0.4) is 0 Å². The van der Waals surface area contributed by atoms with Crippen LogP contribution in [0, 0.1) is 23.2 Å². The van der Waals surface area contributed by atoms with E-state index in [1.807, 2.05) is 13.8 Å². The molecule has 0 radical (unpaired) electrons. The molecule has 0 bridgehead atoms. The van der Waals surface area contributed by atoms with Crippen molar-refractivity contribution in [2.45, 2.75) is 118 Å². The molecule has 220 valence electrons. The molecule has 0 spiro atoms. The number of esters is 2. The summed E-state index contributed by atoms with van der Waals surface area (Å²) in [6.45, 7) is 16.7. The quantitative estimate of drug-likeness (QED) is 0.123. The fourth-order valence-corrected chi connectivity index (χ4v) is 6.00. The van der Waals surface area contributed by atoms with Gasteiger partial charge in [0, 0.05) is 44.4 Å². The van der Waals surface area contributed by atoms with Crippen molar-refractivity contribution in [1.29, 1.82) is 5.26 Å². The molecule has 1 saturated heterocycles. The molecule has 11 heteroatoms. The average Bonchev–Trinajstić information content (AvgIpc) is 2.83. The van der Waals surface area contributed by atoms with E-state index in [4.69, 9.17) is 33.3 Å². The van der Waals surface area contributed by atoms with Crippen molar-refractivity contribution in [1.82, 2.24) is 4.67 Å². The van der Waals surface area contributed by atoms with E-state index in [1.54, 1.807) is 0 Å². The van der Waals surface area contributed by atoms with E-state index in [9.17, 15) is 9.59 Å². The number of nitriles is 1. The molecule has 1 fully saturated rings. The van der Waals surface area contributed by atoms with E-state index < -0.39 is 39.0 Å². The van der Waals surface area contributed by atoms with Crippen molar-refractivity contribution in [3.8, 4) is 6.07 Å². The first-order valence-corrected chi connectivity index (χ1v) is 14.9. The van der Waals surface area contributed by atoms with Crippen LogP contribution in [0.15, 0.2) is 0 Å². The molecule has 0 saturated carbocycles. The van der Waals surface area contributed by atoms with Gasteiger partial charge in [-0.1, -0.05) is 26.7 Å². The first-order chi connectivity index (χ1) is 18.0. The third kappa shape index (κ3) is 12.7. The smallest absolute Gasteiger partial charge is 0.303 e. The molecule has 1 aliphatic rings. The van der Waals surface area contributed by atoms with Crippen LogP contribution in [0.1, 0.15) is 87.5 Å². The van der Waals surface area contributed by atoms with Gasteiger partial charge in [-0.2, -0.15) is 5.26 Å². The van der Waals surface area contributed by atoms with Crippen molar-refractivity contribution in [3.63, 3.8) is 0 Å². The van der Waals surface area contributed by atoms with Gasteiger partial charge in [-0.25, -0.2) is 4.67 Å². The Morgan fingerprint density at radius 2 is 1.53 bits per heavy atom. The topological polar surface area (TPSA) is 117 Å². The number of hydrogen-bond donors (Lipinski definition) is 0. The van der Waals surface area contributed by atoms with Crippen molar-refractivity contribution in [3.05, 3.63) is 0 Å². The Kier molecular flexibility index (Phi) is 17.2. The second-order valence-electron chi connectivity index (χ2n) is 10.3. The molecule has 0 aromatic carbocycles. The Balaban J connectivity index is 2.44. The molecule has 0 aromatic heterocycles. The van der Waals surface area contributed by atoms with E-state index in [0.717, 1.165) is 25.7 Å². The summed E-state index contributed by atoms with van der Waals surface area (Å²) in [6, 6.07) is 2.68. The van der Waals surface area contributed by atoms with Crippen molar-refractivity contribution in [2.24, 2.45) is 11.8 Å². The summed E-state index contributed by atoms with van der Waals surface area (Å²) in [4.78, 5) is 22.9. The fraction of sp³-hybridized carbons (Fsp3) is 0.889. The number of rotatable bonds is 18. The highest BCUT2D eigenvalue weighted by molar-refractivity contribution is 7.44. The highest BCUT2D eigenvalue weighted by Crippen LogP contribution is 2.46. The molecule has 0 aliphatic carbocycles. The van der Waals surface area contributed by atoms with E-state index >= 15 is 0 Å². The van der Waals surface area contributed by atoms with Crippen LogP contribution in [0.5, 0.6) is 0 Å². The number of hydrogen-bond acceptors (Lipinski definition) is 10. The molecule has 1 rings (SSSR count). The van der Waals surface area contributed by atoms with Gasteiger partial charge in [-0.3, -0.25) is 9.59 Å². The van der Waals surface area contributed by atoms with Gasteiger partial charge in [0.2, 0.25) is 0 Å². The molecule has 0 amide bonds. The molecule has 1 heterocycles. The summed E-state index contributed by atoms with van der Waals surface area (Å²) in [5.74, 6) is -0.815. The predicted molar refractivity (Wildman–Crippen MR) is 145 cm³/mol. The average molecular weight is 561 g/mol. The summed E-state index contributed by atoms with van der Waals surface area (Å²) < 4.78 is 37.0. The monoisotopic (exact) mass is 560 g/mol. The Morgan fingerprint density at radius 1 is 0.921 bits per heavy atom. The lowest BCUT2D eigenvalue weighted by Gasteiger charge is -2.43. The van der Waals surface area contributed by atoms with E-state index in [1.165, 1.54) is 13.8 Å². The van der Waals surface area contributed by atoms with Crippen molar-refractivity contribution in [2.75, 3.05) is 26.4 Å². The number of unbranched alkanes of at least 4 members (excludes halogenated alkanes) is 3. The molecule has 38 heavy (non-hydrogen) atoms. The summed E-state index contributed by atoms with van der Waals surface area (Å²) >= 11 is 0. The van der Waals surface area contributed by atoms with E-state index in [0.29, 0.717) is 26.2 Å². The van der Waals surface area contributed by atoms with Gasteiger partial charge in [0.15, 0.2) is 6.29 Å². The number of carbonyl (C=O) groups is 2. The lowest BCUT2D eigenvalue weighted by molar-refractivity contribution is -0.273. The standard InChI is InChI=1S/C27H49N2O8P/c1-19(2)29(20(3)4)38(35-17-13-14-28)34-16-12-10-9-11-15-32-27-22(6)21(5)26(36-24(8)31)25(37-27)18-33-23(7)30/h19-22,25-27H,9-13,15-18H2,1-8H3. The molecule has 6 atom stereocenters. The zero-order valence-corrected chi connectivity index (χ0v) is 25.4. The highest BCUT2D eigenvalue weighted by Gasteiger charge is 2.44. The van der Waals surface area contributed by atoms with Crippen LogP contribution in [0.4, 0.5) is 0 Å².